The number of carbonyl (C=O) groups is 1. The summed E-state index contributed by atoms with van der Waals surface area (Å²) in [5, 5.41) is 0. The first-order valence-electron chi connectivity index (χ1n) is 9.34. The molecule has 0 bridgehead atoms. The Bertz CT molecular complexity index is 805. The second kappa shape index (κ2) is 7.50. The van der Waals surface area contributed by atoms with E-state index in [1.165, 1.54) is 32.1 Å². The molecule has 0 N–H and O–H groups in total. The Morgan fingerprint density at radius 1 is 1.19 bits per heavy atom. The van der Waals surface area contributed by atoms with Crippen molar-refractivity contribution >= 4 is 11.7 Å². The van der Waals surface area contributed by atoms with E-state index >= 15 is 0 Å². The Morgan fingerprint density at radius 2 is 1.93 bits per heavy atom. The highest BCUT2D eigenvalue weighted by atomic mass is 19.1. The van der Waals surface area contributed by atoms with E-state index < -0.39 is 5.82 Å². The molecule has 0 radical (unpaired) electrons. The number of amides is 1. The second-order valence-electron chi connectivity index (χ2n) is 7.08. The van der Waals surface area contributed by atoms with E-state index in [2.05, 4.69) is 14.9 Å². The Balaban J connectivity index is 1.42. The molecule has 0 unspecified atom stereocenters. The highest BCUT2D eigenvalue weighted by Crippen LogP contribution is 2.35. The van der Waals surface area contributed by atoms with Crippen molar-refractivity contribution in [3.63, 3.8) is 0 Å². The maximum Gasteiger partial charge on any atom is 0.253 e. The van der Waals surface area contributed by atoms with Gasteiger partial charge < -0.3 is 14.5 Å². The number of likely N-dealkylation sites (tertiary alicyclic amines) is 1. The molecule has 6 nitrogen and oxygen atoms in total. The van der Waals surface area contributed by atoms with Crippen LogP contribution in [0.3, 0.4) is 0 Å². The lowest BCUT2D eigenvalue weighted by Crippen LogP contribution is -2.48. The number of ether oxygens (including phenoxy) is 1. The molecule has 0 atom stereocenters. The fourth-order valence-electron chi connectivity index (χ4n) is 3.79. The number of halogens is 1. The molecule has 1 aliphatic heterocycles. The van der Waals surface area contributed by atoms with Crippen LogP contribution in [-0.4, -0.2) is 53.1 Å². The molecule has 7 heteroatoms. The van der Waals surface area contributed by atoms with Crippen LogP contribution in [0.2, 0.25) is 0 Å². The zero-order chi connectivity index (χ0) is 18.8. The molecule has 1 aromatic carbocycles. The molecule has 1 aliphatic carbocycles. The highest BCUT2D eigenvalue weighted by Gasteiger charge is 2.37. The largest absolute Gasteiger partial charge is 0.494 e. The fourth-order valence-corrected chi connectivity index (χ4v) is 3.79. The quantitative estimate of drug-likeness (QED) is 0.810. The molecule has 2 aromatic rings. The number of aromatic nitrogens is 2. The number of hydrogen-bond donors (Lipinski definition) is 0. The van der Waals surface area contributed by atoms with Gasteiger partial charge in [-0.1, -0.05) is 0 Å². The summed E-state index contributed by atoms with van der Waals surface area (Å²) in [4.78, 5) is 25.4. The van der Waals surface area contributed by atoms with Gasteiger partial charge in [0, 0.05) is 36.9 Å². The van der Waals surface area contributed by atoms with Crippen molar-refractivity contribution in [3.05, 3.63) is 48.2 Å². The van der Waals surface area contributed by atoms with Gasteiger partial charge >= 0.3 is 0 Å². The van der Waals surface area contributed by atoms with Crippen molar-refractivity contribution < 1.29 is 13.9 Å². The SMILES string of the molecule is COc1ccc(C(=O)N2CCC(N(c3ccncn3)C3CC3)CC2)cc1F. The third-order valence-corrected chi connectivity index (χ3v) is 5.31. The van der Waals surface area contributed by atoms with E-state index in [4.69, 9.17) is 4.74 Å². The summed E-state index contributed by atoms with van der Waals surface area (Å²) >= 11 is 0. The van der Waals surface area contributed by atoms with Gasteiger partial charge in [-0.05, 0) is 49.9 Å². The molecular weight excluding hydrogens is 347 g/mol. The summed E-state index contributed by atoms with van der Waals surface area (Å²) in [6.07, 6.45) is 7.49. The van der Waals surface area contributed by atoms with Crippen LogP contribution in [0.5, 0.6) is 5.75 Å². The van der Waals surface area contributed by atoms with Gasteiger partial charge in [0.2, 0.25) is 0 Å². The van der Waals surface area contributed by atoms with Crippen LogP contribution in [0.25, 0.3) is 0 Å². The Labute approximate surface area is 158 Å². The molecule has 0 spiro atoms. The predicted molar refractivity (Wildman–Crippen MR) is 99.4 cm³/mol. The highest BCUT2D eigenvalue weighted by molar-refractivity contribution is 5.94. The minimum atomic E-state index is -0.512. The second-order valence-corrected chi connectivity index (χ2v) is 7.08. The molecule has 1 aromatic heterocycles. The lowest BCUT2D eigenvalue weighted by Gasteiger charge is -2.39. The van der Waals surface area contributed by atoms with Gasteiger partial charge in [-0.25, -0.2) is 14.4 Å². The van der Waals surface area contributed by atoms with E-state index in [0.717, 1.165) is 18.7 Å². The van der Waals surface area contributed by atoms with Crippen LogP contribution in [0.15, 0.2) is 36.8 Å². The van der Waals surface area contributed by atoms with E-state index in [1.807, 2.05) is 11.0 Å². The molecule has 2 aliphatic rings. The molecule has 2 fully saturated rings. The third kappa shape index (κ3) is 3.72. The zero-order valence-electron chi connectivity index (χ0n) is 15.3. The van der Waals surface area contributed by atoms with Gasteiger partial charge in [0.25, 0.3) is 5.91 Å². The fraction of sp³-hybridized carbons (Fsp3) is 0.450. The molecule has 142 valence electrons. The number of benzene rings is 1. The Morgan fingerprint density at radius 3 is 2.52 bits per heavy atom. The molecule has 1 amide bonds. The van der Waals surface area contributed by atoms with Crippen molar-refractivity contribution in [2.45, 2.75) is 37.8 Å². The smallest absolute Gasteiger partial charge is 0.253 e. The van der Waals surface area contributed by atoms with Gasteiger partial charge in [-0.15, -0.1) is 0 Å². The number of nitrogens with zero attached hydrogens (tertiary/aromatic N) is 4. The minimum absolute atomic E-state index is 0.130. The number of methoxy groups -OCH3 is 1. The van der Waals surface area contributed by atoms with E-state index in [-0.39, 0.29) is 11.7 Å². The molecule has 1 saturated carbocycles. The van der Waals surface area contributed by atoms with E-state index in [9.17, 15) is 9.18 Å². The Hall–Kier alpha value is -2.70. The number of rotatable bonds is 5. The summed E-state index contributed by atoms with van der Waals surface area (Å²) in [5.41, 5.74) is 0.363. The van der Waals surface area contributed by atoms with Crippen LogP contribution in [0, 0.1) is 5.82 Å². The summed E-state index contributed by atoms with van der Waals surface area (Å²) < 4.78 is 18.8. The van der Waals surface area contributed by atoms with Gasteiger partial charge in [0.15, 0.2) is 11.6 Å². The van der Waals surface area contributed by atoms with Gasteiger partial charge in [0.1, 0.15) is 12.1 Å². The van der Waals surface area contributed by atoms with Crippen molar-refractivity contribution in [1.82, 2.24) is 14.9 Å². The predicted octanol–water partition coefficient (Wildman–Crippen LogP) is 2.90. The summed E-state index contributed by atoms with van der Waals surface area (Å²) in [7, 11) is 1.41. The first-order chi connectivity index (χ1) is 13.2. The number of hydrogen-bond acceptors (Lipinski definition) is 5. The first-order valence-corrected chi connectivity index (χ1v) is 9.34. The molecule has 2 heterocycles. The number of carbonyl (C=O) groups excluding carboxylic acids is 1. The van der Waals surface area contributed by atoms with Gasteiger partial charge in [0.05, 0.1) is 7.11 Å². The summed E-state index contributed by atoms with van der Waals surface area (Å²) in [5.74, 6) is 0.474. The number of piperidine rings is 1. The van der Waals surface area contributed by atoms with E-state index in [0.29, 0.717) is 30.7 Å². The van der Waals surface area contributed by atoms with Crippen LogP contribution >= 0.6 is 0 Å². The Kier molecular flexibility index (Phi) is 4.92. The summed E-state index contributed by atoms with van der Waals surface area (Å²) in [6.45, 7) is 1.32. The van der Waals surface area contributed by atoms with Crippen molar-refractivity contribution in [2.24, 2.45) is 0 Å². The van der Waals surface area contributed by atoms with Crippen molar-refractivity contribution in [2.75, 3.05) is 25.1 Å². The topological polar surface area (TPSA) is 58.6 Å². The van der Waals surface area contributed by atoms with Gasteiger partial charge in [-0.2, -0.15) is 0 Å². The van der Waals surface area contributed by atoms with Crippen molar-refractivity contribution in [1.29, 1.82) is 0 Å². The van der Waals surface area contributed by atoms with Crippen molar-refractivity contribution in [3.8, 4) is 5.75 Å². The van der Waals surface area contributed by atoms with E-state index in [1.54, 1.807) is 18.6 Å². The normalized spacial score (nSPS) is 17.6. The average Bonchev–Trinajstić information content (AvgIpc) is 3.54. The monoisotopic (exact) mass is 370 g/mol. The van der Waals surface area contributed by atoms with Crippen LogP contribution in [0.1, 0.15) is 36.0 Å². The average molecular weight is 370 g/mol. The molecule has 4 rings (SSSR count). The number of anilines is 1. The minimum Gasteiger partial charge on any atom is -0.494 e. The maximum absolute atomic E-state index is 13.9. The van der Waals surface area contributed by atoms with Gasteiger partial charge in [-0.3, -0.25) is 4.79 Å². The molecule has 27 heavy (non-hydrogen) atoms. The molecule has 1 saturated heterocycles. The maximum atomic E-state index is 13.9. The lowest BCUT2D eigenvalue weighted by atomic mass is 10.0. The zero-order valence-corrected chi connectivity index (χ0v) is 15.3. The first kappa shape index (κ1) is 17.7. The lowest BCUT2D eigenvalue weighted by molar-refractivity contribution is 0.0711. The van der Waals surface area contributed by atoms with Crippen LogP contribution in [0.4, 0.5) is 10.2 Å². The van der Waals surface area contributed by atoms with Crippen LogP contribution < -0.4 is 9.64 Å². The standard InChI is InChI=1S/C20H23FN4O2/c1-27-18-5-2-14(12-17(18)21)20(26)24-10-7-16(8-11-24)25(15-3-4-15)19-6-9-22-13-23-19/h2,5-6,9,12-13,15-16H,3-4,7-8,10-11H2,1H3. The molecular formula is C20H23FN4O2. The summed E-state index contributed by atoms with van der Waals surface area (Å²) in [6, 6.07) is 7.24. The third-order valence-electron chi connectivity index (χ3n) is 5.31. The van der Waals surface area contributed by atoms with Crippen LogP contribution in [-0.2, 0) is 0 Å².